The molecule has 0 amide bonds. The normalized spacial score (nSPS) is 13.1. The second kappa shape index (κ2) is 8.79. The van der Waals surface area contributed by atoms with Crippen molar-refractivity contribution in [3.8, 4) is 0 Å². The van der Waals surface area contributed by atoms with Crippen molar-refractivity contribution >= 4 is 5.97 Å². The first-order chi connectivity index (χ1) is 6.74. The van der Waals surface area contributed by atoms with E-state index in [-0.39, 0.29) is 5.97 Å². The molecule has 0 aromatic carbocycles. The van der Waals surface area contributed by atoms with Crippen molar-refractivity contribution in [1.82, 2.24) is 0 Å². The van der Waals surface area contributed by atoms with Crippen LogP contribution in [0.3, 0.4) is 0 Å². The van der Waals surface area contributed by atoms with Gasteiger partial charge < -0.3 is 4.74 Å². The van der Waals surface area contributed by atoms with Gasteiger partial charge in [0.05, 0.1) is 6.61 Å². The Labute approximate surface area is 87.3 Å². The van der Waals surface area contributed by atoms with Crippen LogP contribution < -0.4 is 0 Å². The maximum absolute atomic E-state index is 11.0. The lowest BCUT2D eigenvalue weighted by molar-refractivity contribution is -0.137. The molecule has 0 radical (unpaired) electrons. The fourth-order valence-corrected chi connectivity index (χ4v) is 1.44. The molecule has 0 heterocycles. The molecule has 0 saturated carbocycles. The lowest BCUT2D eigenvalue weighted by Gasteiger charge is -2.09. The van der Waals surface area contributed by atoms with E-state index in [9.17, 15) is 4.79 Å². The number of ether oxygens (including phenoxy) is 1. The minimum atomic E-state index is -0.223. The van der Waals surface area contributed by atoms with Crippen molar-refractivity contribution in [3.05, 3.63) is 12.2 Å². The molecule has 0 saturated heterocycles. The Bertz CT molecular complexity index is 173. The summed E-state index contributed by atoms with van der Waals surface area (Å²) in [6.07, 6.45) is 8.10. The predicted octanol–water partition coefficient (Wildman–Crippen LogP) is 3.32. The third kappa shape index (κ3) is 6.70. The average Bonchev–Trinajstić information content (AvgIpc) is 2.17. The summed E-state index contributed by atoms with van der Waals surface area (Å²) in [5.74, 6) is 0.490. The molecule has 14 heavy (non-hydrogen) atoms. The van der Waals surface area contributed by atoms with Gasteiger partial charge in [-0.1, -0.05) is 39.2 Å². The number of allylic oxidation sites excluding steroid dienone is 1. The molecule has 0 aromatic rings. The van der Waals surface area contributed by atoms with Crippen LogP contribution in [0.25, 0.3) is 0 Å². The van der Waals surface area contributed by atoms with E-state index >= 15 is 0 Å². The van der Waals surface area contributed by atoms with E-state index in [1.165, 1.54) is 19.3 Å². The molecule has 1 atom stereocenters. The van der Waals surface area contributed by atoms with Crippen molar-refractivity contribution in [2.75, 3.05) is 6.61 Å². The minimum Gasteiger partial charge on any atom is -0.463 e. The summed E-state index contributed by atoms with van der Waals surface area (Å²) >= 11 is 0. The average molecular weight is 198 g/mol. The maximum Gasteiger partial charge on any atom is 0.330 e. The smallest absolute Gasteiger partial charge is 0.330 e. The zero-order valence-corrected chi connectivity index (χ0v) is 9.58. The lowest BCUT2D eigenvalue weighted by Crippen LogP contribution is -2.00. The summed E-state index contributed by atoms with van der Waals surface area (Å²) in [5, 5.41) is 0. The third-order valence-corrected chi connectivity index (χ3v) is 2.28. The second-order valence-corrected chi connectivity index (χ2v) is 3.45. The van der Waals surface area contributed by atoms with Gasteiger partial charge in [0, 0.05) is 6.08 Å². The van der Waals surface area contributed by atoms with E-state index < -0.39 is 0 Å². The van der Waals surface area contributed by atoms with Gasteiger partial charge in [-0.25, -0.2) is 4.79 Å². The number of carbonyl (C=O) groups excluding carboxylic acids is 1. The number of hydrogen-bond donors (Lipinski definition) is 0. The molecule has 0 aromatic heterocycles. The van der Waals surface area contributed by atoms with Crippen molar-refractivity contribution in [2.45, 2.75) is 46.5 Å². The molecule has 0 aliphatic carbocycles. The van der Waals surface area contributed by atoms with Gasteiger partial charge >= 0.3 is 5.97 Å². The molecule has 0 aliphatic heterocycles. The molecule has 0 N–H and O–H groups in total. The molecule has 1 unspecified atom stereocenters. The van der Waals surface area contributed by atoms with Gasteiger partial charge in [0.1, 0.15) is 0 Å². The predicted molar refractivity (Wildman–Crippen MR) is 59.1 cm³/mol. The van der Waals surface area contributed by atoms with Gasteiger partial charge in [0.2, 0.25) is 0 Å². The van der Waals surface area contributed by atoms with E-state index in [1.807, 2.05) is 13.0 Å². The highest BCUT2D eigenvalue weighted by Crippen LogP contribution is 2.15. The Hall–Kier alpha value is -0.790. The molecule has 0 aliphatic rings. The highest BCUT2D eigenvalue weighted by atomic mass is 16.5. The van der Waals surface area contributed by atoms with E-state index in [2.05, 4.69) is 13.8 Å². The zero-order valence-electron chi connectivity index (χ0n) is 9.58. The Balaban J connectivity index is 3.71. The molecular formula is C12H22O2. The van der Waals surface area contributed by atoms with Gasteiger partial charge in [-0.05, 0) is 19.3 Å². The molecular weight excluding hydrogens is 176 g/mol. The number of carbonyl (C=O) groups is 1. The summed E-state index contributed by atoms with van der Waals surface area (Å²) in [6, 6.07) is 0. The number of rotatable bonds is 7. The van der Waals surface area contributed by atoms with E-state index in [0.29, 0.717) is 12.5 Å². The van der Waals surface area contributed by atoms with E-state index in [0.717, 1.165) is 6.42 Å². The standard InChI is InChI=1S/C12H22O2/c1-4-8-11(5-2)9-7-10-12(13)14-6-3/h7,10-11H,4-6,8-9H2,1-3H3/b10-7+. The van der Waals surface area contributed by atoms with Crippen LogP contribution >= 0.6 is 0 Å². The van der Waals surface area contributed by atoms with Crippen molar-refractivity contribution < 1.29 is 9.53 Å². The molecule has 0 spiro atoms. The van der Waals surface area contributed by atoms with Gasteiger partial charge in [-0.3, -0.25) is 0 Å². The lowest BCUT2D eigenvalue weighted by atomic mass is 9.97. The van der Waals surface area contributed by atoms with E-state index in [1.54, 1.807) is 6.08 Å². The summed E-state index contributed by atoms with van der Waals surface area (Å²) in [7, 11) is 0. The zero-order chi connectivity index (χ0) is 10.8. The topological polar surface area (TPSA) is 26.3 Å². The van der Waals surface area contributed by atoms with Crippen LogP contribution in [0.5, 0.6) is 0 Å². The molecule has 0 rings (SSSR count). The Morgan fingerprint density at radius 1 is 1.36 bits per heavy atom. The first-order valence-electron chi connectivity index (χ1n) is 5.57. The Morgan fingerprint density at radius 3 is 2.57 bits per heavy atom. The molecule has 2 nitrogen and oxygen atoms in total. The summed E-state index contributed by atoms with van der Waals surface area (Å²) in [4.78, 5) is 11.0. The highest BCUT2D eigenvalue weighted by Gasteiger charge is 2.02. The maximum atomic E-state index is 11.0. The Kier molecular flexibility index (Phi) is 8.30. The quantitative estimate of drug-likeness (QED) is 0.463. The molecule has 0 fully saturated rings. The Morgan fingerprint density at radius 2 is 2.07 bits per heavy atom. The largest absolute Gasteiger partial charge is 0.463 e. The van der Waals surface area contributed by atoms with E-state index in [4.69, 9.17) is 4.74 Å². The van der Waals surface area contributed by atoms with Crippen LogP contribution in [0.15, 0.2) is 12.2 Å². The van der Waals surface area contributed by atoms with Gasteiger partial charge in [0.15, 0.2) is 0 Å². The van der Waals surface area contributed by atoms with Crippen LogP contribution in [0, 0.1) is 5.92 Å². The minimum absolute atomic E-state index is 0.223. The second-order valence-electron chi connectivity index (χ2n) is 3.45. The number of esters is 1. The monoisotopic (exact) mass is 198 g/mol. The van der Waals surface area contributed by atoms with Crippen LogP contribution in [0.4, 0.5) is 0 Å². The van der Waals surface area contributed by atoms with Gasteiger partial charge in [0.25, 0.3) is 0 Å². The van der Waals surface area contributed by atoms with Crippen molar-refractivity contribution in [1.29, 1.82) is 0 Å². The van der Waals surface area contributed by atoms with Crippen LogP contribution in [0.2, 0.25) is 0 Å². The summed E-state index contributed by atoms with van der Waals surface area (Å²) < 4.78 is 4.79. The SMILES string of the molecule is CCCC(CC)C/C=C/C(=O)OCC. The first kappa shape index (κ1) is 13.2. The number of hydrogen-bond acceptors (Lipinski definition) is 2. The van der Waals surface area contributed by atoms with Gasteiger partial charge in [-0.2, -0.15) is 0 Å². The van der Waals surface area contributed by atoms with Crippen molar-refractivity contribution in [2.24, 2.45) is 5.92 Å². The van der Waals surface area contributed by atoms with Gasteiger partial charge in [-0.15, -0.1) is 0 Å². The summed E-state index contributed by atoms with van der Waals surface area (Å²) in [5.41, 5.74) is 0. The molecule has 82 valence electrons. The third-order valence-electron chi connectivity index (χ3n) is 2.28. The fraction of sp³-hybridized carbons (Fsp3) is 0.750. The molecule has 2 heteroatoms. The van der Waals surface area contributed by atoms with Crippen LogP contribution in [-0.2, 0) is 9.53 Å². The van der Waals surface area contributed by atoms with Crippen LogP contribution in [-0.4, -0.2) is 12.6 Å². The fourth-order valence-electron chi connectivity index (χ4n) is 1.44. The highest BCUT2D eigenvalue weighted by molar-refractivity contribution is 5.81. The van der Waals surface area contributed by atoms with Crippen molar-refractivity contribution in [3.63, 3.8) is 0 Å². The summed E-state index contributed by atoms with van der Waals surface area (Å²) in [6.45, 7) is 6.66. The molecule has 0 bridgehead atoms. The first-order valence-corrected chi connectivity index (χ1v) is 5.57. The van der Waals surface area contributed by atoms with Crippen LogP contribution in [0.1, 0.15) is 46.5 Å².